The number of ether oxygens (including phenoxy) is 2. The first-order valence-electron chi connectivity index (χ1n) is 12.7. The van der Waals surface area contributed by atoms with Gasteiger partial charge in [0, 0.05) is 5.97 Å². The molecule has 0 aromatic heterocycles. The fraction of sp³-hybridized carbons (Fsp3) is 0.387. The van der Waals surface area contributed by atoms with Gasteiger partial charge in [0.2, 0.25) is 0 Å². The molecule has 1 saturated carbocycles. The average Bonchev–Trinajstić information content (AvgIpc) is 3.55. The number of hydrogen-bond donors (Lipinski definition) is 1. The van der Waals surface area contributed by atoms with Gasteiger partial charge in [-0.1, -0.05) is 24.3 Å². The maximum absolute atomic E-state index is 11.3. The van der Waals surface area contributed by atoms with E-state index >= 15 is 0 Å². The monoisotopic (exact) mass is 508 g/mol. The number of aryl methyl sites for hydroxylation is 2. The van der Waals surface area contributed by atoms with Crippen LogP contribution in [-0.4, -0.2) is 24.3 Å². The molecule has 5 nitrogen and oxygen atoms in total. The van der Waals surface area contributed by atoms with Crippen LogP contribution >= 0.6 is 0 Å². The fourth-order valence-corrected chi connectivity index (χ4v) is 6.04. The molecule has 0 radical (unpaired) electrons. The standard InChI is InChI=1S/C31H34O5.Na/c1-19-13-25(35-12-11-32)14-20(2)30(19)26-6-4-5-22(21(26)3)18-36-24-7-8-27-23(15-24)17-31(9-10-31)28(27)16-29(33)34;/h4-8,13-15,28,32H,9-12,16-18H2,1-3H3,(H,33,34);/q;+1/p-1. The summed E-state index contributed by atoms with van der Waals surface area (Å²) < 4.78 is 11.9. The Kier molecular flexibility index (Phi) is 8.39. The van der Waals surface area contributed by atoms with Crippen LogP contribution in [0.1, 0.15) is 58.6 Å². The molecule has 37 heavy (non-hydrogen) atoms. The van der Waals surface area contributed by atoms with E-state index in [1.807, 2.05) is 18.2 Å². The van der Waals surface area contributed by atoms with E-state index in [2.05, 4.69) is 51.1 Å². The second kappa shape index (κ2) is 11.2. The van der Waals surface area contributed by atoms with Gasteiger partial charge in [-0.25, -0.2) is 0 Å². The molecule has 3 aromatic rings. The second-order valence-corrected chi connectivity index (χ2v) is 10.4. The predicted octanol–water partition coefficient (Wildman–Crippen LogP) is 1.79. The molecule has 2 aliphatic carbocycles. The Labute approximate surface area is 241 Å². The number of hydrogen-bond acceptors (Lipinski definition) is 5. The summed E-state index contributed by atoms with van der Waals surface area (Å²) in [6, 6.07) is 16.5. The van der Waals surface area contributed by atoms with Gasteiger partial charge in [-0.2, -0.15) is 0 Å². The van der Waals surface area contributed by atoms with Crippen molar-refractivity contribution in [1.29, 1.82) is 0 Å². The molecule has 6 heteroatoms. The molecular formula is C31H33NaO5. The third-order valence-electron chi connectivity index (χ3n) is 8.01. The van der Waals surface area contributed by atoms with Crippen LogP contribution in [0.25, 0.3) is 11.1 Å². The van der Waals surface area contributed by atoms with Crippen LogP contribution in [0.5, 0.6) is 11.5 Å². The van der Waals surface area contributed by atoms with Gasteiger partial charge >= 0.3 is 29.6 Å². The molecule has 1 spiro atoms. The van der Waals surface area contributed by atoms with Crippen molar-refractivity contribution in [3.63, 3.8) is 0 Å². The molecule has 3 aromatic carbocycles. The summed E-state index contributed by atoms with van der Waals surface area (Å²) in [5.41, 5.74) is 9.43. The van der Waals surface area contributed by atoms with Crippen molar-refractivity contribution in [1.82, 2.24) is 0 Å². The molecule has 2 aliphatic rings. The number of carbonyl (C=O) groups is 1. The Morgan fingerprint density at radius 1 is 1.03 bits per heavy atom. The van der Waals surface area contributed by atoms with Crippen LogP contribution in [0.4, 0.5) is 0 Å². The number of carboxylic acid groups (broad SMARTS) is 1. The predicted molar refractivity (Wildman–Crippen MR) is 137 cm³/mol. The number of fused-ring (bicyclic) bond motifs is 1. The Morgan fingerprint density at radius 2 is 1.76 bits per heavy atom. The summed E-state index contributed by atoms with van der Waals surface area (Å²) >= 11 is 0. The van der Waals surface area contributed by atoms with Crippen LogP contribution in [0.15, 0.2) is 48.5 Å². The smallest absolute Gasteiger partial charge is 0.550 e. The zero-order valence-corrected chi connectivity index (χ0v) is 24.2. The maximum Gasteiger partial charge on any atom is 1.00 e. The van der Waals surface area contributed by atoms with Gasteiger partial charge < -0.3 is 24.5 Å². The zero-order valence-electron chi connectivity index (χ0n) is 22.2. The van der Waals surface area contributed by atoms with Crippen LogP contribution in [0.2, 0.25) is 0 Å². The SMILES string of the molecule is Cc1cc(OCCO)cc(C)c1-c1cccc(COc2ccc3c(c2)CC2(CC2)C3CC(=O)[O-])c1C.[Na+]. The Hall–Kier alpha value is -2.31. The molecule has 1 fully saturated rings. The van der Waals surface area contributed by atoms with E-state index in [0.29, 0.717) is 6.61 Å². The van der Waals surface area contributed by atoms with Crippen molar-refractivity contribution >= 4 is 5.97 Å². The maximum atomic E-state index is 11.3. The molecule has 0 amide bonds. The summed E-state index contributed by atoms with van der Waals surface area (Å²) in [6.07, 6.45) is 3.22. The van der Waals surface area contributed by atoms with Crippen molar-refractivity contribution in [2.45, 2.75) is 59.0 Å². The van der Waals surface area contributed by atoms with Gasteiger partial charge in [-0.05, 0) is 127 Å². The largest absolute Gasteiger partial charge is 1.00 e. The van der Waals surface area contributed by atoms with Crippen LogP contribution in [0, 0.1) is 26.2 Å². The van der Waals surface area contributed by atoms with Gasteiger partial charge in [0.05, 0.1) is 6.61 Å². The number of aliphatic hydroxyl groups excluding tert-OH is 1. The molecule has 5 rings (SSSR count). The molecular weight excluding hydrogens is 475 g/mol. The van der Waals surface area contributed by atoms with E-state index in [0.717, 1.165) is 53.0 Å². The summed E-state index contributed by atoms with van der Waals surface area (Å²) in [6.45, 7) is 7.04. The van der Waals surface area contributed by atoms with E-state index in [1.54, 1.807) is 0 Å². The quantitative estimate of drug-likeness (QED) is 0.446. The number of rotatable bonds is 9. The fourth-order valence-electron chi connectivity index (χ4n) is 6.04. The number of aliphatic carboxylic acids is 1. The molecule has 0 saturated heterocycles. The van der Waals surface area contributed by atoms with Crippen molar-refractivity contribution in [2.24, 2.45) is 5.41 Å². The average molecular weight is 509 g/mol. The normalized spacial score (nSPS) is 16.7. The van der Waals surface area contributed by atoms with Crippen molar-refractivity contribution in [2.75, 3.05) is 13.2 Å². The van der Waals surface area contributed by atoms with E-state index in [9.17, 15) is 9.90 Å². The molecule has 0 bridgehead atoms. The number of carboxylic acids is 1. The Balaban J connectivity index is 0.00000320. The first kappa shape index (κ1) is 27.7. The minimum absolute atomic E-state index is 0. The topological polar surface area (TPSA) is 78.8 Å². The van der Waals surface area contributed by atoms with Gasteiger partial charge in [0.25, 0.3) is 0 Å². The van der Waals surface area contributed by atoms with Crippen LogP contribution < -0.4 is 44.1 Å². The van der Waals surface area contributed by atoms with E-state index < -0.39 is 5.97 Å². The summed E-state index contributed by atoms with van der Waals surface area (Å²) in [7, 11) is 0. The van der Waals surface area contributed by atoms with E-state index in [1.165, 1.54) is 22.3 Å². The van der Waals surface area contributed by atoms with Crippen molar-refractivity contribution in [3.8, 4) is 22.6 Å². The second-order valence-electron chi connectivity index (χ2n) is 10.4. The first-order chi connectivity index (χ1) is 17.3. The molecule has 188 valence electrons. The van der Waals surface area contributed by atoms with E-state index in [4.69, 9.17) is 14.6 Å². The Bertz CT molecular complexity index is 1290. The molecule has 1 unspecified atom stereocenters. The van der Waals surface area contributed by atoms with Gasteiger partial charge in [0.15, 0.2) is 0 Å². The van der Waals surface area contributed by atoms with Crippen molar-refractivity contribution < 1.29 is 54.0 Å². The summed E-state index contributed by atoms with van der Waals surface area (Å²) in [4.78, 5) is 11.3. The first-order valence-corrected chi connectivity index (χ1v) is 12.7. The van der Waals surface area contributed by atoms with Gasteiger partial charge in [-0.3, -0.25) is 0 Å². The van der Waals surface area contributed by atoms with Crippen LogP contribution in [-0.2, 0) is 17.8 Å². The zero-order chi connectivity index (χ0) is 25.4. The van der Waals surface area contributed by atoms with Gasteiger partial charge in [0.1, 0.15) is 24.7 Å². The van der Waals surface area contributed by atoms with E-state index in [-0.39, 0.29) is 60.5 Å². The third kappa shape index (κ3) is 5.61. The molecule has 0 heterocycles. The number of carbonyl (C=O) groups excluding carboxylic acids is 1. The summed E-state index contributed by atoms with van der Waals surface area (Å²) in [5.74, 6) is 0.692. The van der Waals surface area contributed by atoms with Crippen molar-refractivity contribution in [3.05, 3.63) is 81.9 Å². The minimum Gasteiger partial charge on any atom is -0.550 e. The van der Waals surface area contributed by atoms with Crippen LogP contribution in [0.3, 0.4) is 0 Å². The summed E-state index contributed by atoms with van der Waals surface area (Å²) in [5, 5.41) is 20.4. The third-order valence-corrected chi connectivity index (χ3v) is 8.01. The minimum atomic E-state index is -0.965. The molecule has 1 atom stereocenters. The Morgan fingerprint density at radius 3 is 2.41 bits per heavy atom. The van der Waals surface area contributed by atoms with Gasteiger partial charge in [-0.15, -0.1) is 0 Å². The number of aliphatic hydroxyl groups is 1. The number of benzene rings is 3. The molecule has 1 N–H and O–H groups in total. The molecule has 0 aliphatic heterocycles.